The zero-order chi connectivity index (χ0) is 13.7. The Bertz CT molecular complexity index is 399. The van der Waals surface area contributed by atoms with Crippen molar-refractivity contribution in [2.45, 2.75) is 13.8 Å². The summed E-state index contributed by atoms with van der Waals surface area (Å²) in [5, 5.41) is 0.0883. The summed E-state index contributed by atoms with van der Waals surface area (Å²) >= 11 is 5.81. The number of rotatable bonds is 6. The van der Waals surface area contributed by atoms with Crippen LogP contribution in [0.1, 0.15) is 13.8 Å². The van der Waals surface area contributed by atoms with E-state index in [1.54, 1.807) is 13.2 Å². The lowest BCUT2D eigenvalue weighted by Gasteiger charge is -2.28. The predicted octanol–water partition coefficient (Wildman–Crippen LogP) is 3.17. The summed E-state index contributed by atoms with van der Waals surface area (Å²) in [5.74, 6) is -0.0285. The van der Waals surface area contributed by atoms with Crippen LogP contribution in [0.2, 0.25) is 5.02 Å². The van der Waals surface area contributed by atoms with Gasteiger partial charge in [-0.05, 0) is 12.0 Å². The van der Waals surface area contributed by atoms with Gasteiger partial charge in [-0.25, -0.2) is 4.39 Å². The fourth-order valence-electron chi connectivity index (χ4n) is 1.78. The number of hydrogen-bond acceptors (Lipinski definition) is 3. The summed E-state index contributed by atoms with van der Waals surface area (Å²) in [7, 11) is 1.65. The highest BCUT2D eigenvalue weighted by Crippen LogP contribution is 2.29. The number of nitrogens with two attached hydrogens (primary N) is 1. The fraction of sp³-hybridized carbons (Fsp3) is 0.538. The number of anilines is 2. The largest absolute Gasteiger partial charge is 0.397 e. The first kappa shape index (κ1) is 15.1. The number of ether oxygens (including phenoxy) is 1. The Labute approximate surface area is 113 Å². The van der Waals surface area contributed by atoms with Crippen molar-refractivity contribution in [2.24, 2.45) is 5.92 Å². The third-order valence-corrected chi connectivity index (χ3v) is 2.85. The molecule has 3 nitrogen and oxygen atoms in total. The minimum absolute atomic E-state index is 0.0883. The second-order valence-electron chi connectivity index (χ2n) is 4.66. The van der Waals surface area contributed by atoms with Crippen molar-refractivity contribution in [2.75, 3.05) is 37.4 Å². The van der Waals surface area contributed by atoms with Crippen LogP contribution in [-0.4, -0.2) is 26.8 Å². The van der Waals surface area contributed by atoms with Gasteiger partial charge < -0.3 is 15.4 Å². The SMILES string of the molecule is COCCN(CC(C)C)c1cc(Cl)c(F)cc1N. The highest BCUT2D eigenvalue weighted by Gasteiger charge is 2.14. The average molecular weight is 275 g/mol. The Hall–Kier alpha value is -1.00. The molecule has 5 heteroatoms. The molecule has 0 saturated carbocycles. The smallest absolute Gasteiger partial charge is 0.143 e. The van der Waals surface area contributed by atoms with E-state index in [2.05, 4.69) is 18.7 Å². The van der Waals surface area contributed by atoms with Crippen LogP contribution in [0.5, 0.6) is 0 Å². The van der Waals surface area contributed by atoms with Gasteiger partial charge in [-0.3, -0.25) is 0 Å². The van der Waals surface area contributed by atoms with Crippen molar-refractivity contribution in [1.29, 1.82) is 0 Å². The van der Waals surface area contributed by atoms with Crippen molar-refractivity contribution in [1.82, 2.24) is 0 Å². The molecular weight excluding hydrogens is 255 g/mol. The summed E-state index contributed by atoms with van der Waals surface area (Å²) in [6, 6.07) is 2.84. The van der Waals surface area contributed by atoms with Crippen LogP contribution < -0.4 is 10.6 Å². The number of benzene rings is 1. The number of nitrogen functional groups attached to an aromatic ring is 1. The molecule has 0 fully saturated rings. The molecule has 1 aromatic rings. The zero-order valence-corrected chi connectivity index (χ0v) is 11.8. The Morgan fingerprint density at radius 2 is 2.11 bits per heavy atom. The highest BCUT2D eigenvalue weighted by molar-refractivity contribution is 6.31. The molecule has 0 unspecified atom stereocenters. The first-order valence-electron chi connectivity index (χ1n) is 5.94. The summed E-state index contributed by atoms with van der Waals surface area (Å²) in [6.45, 7) is 6.32. The van der Waals surface area contributed by atoms with Gasteiger partial charge in [0.15, 0.2) is 0 Å². The van der Waals surface area contributed by atoms with Gasteiger partial charge in [0, 0.05) is 26.3 Å². The molecule has 1 aromatic carbocycles. The van der Waals surface area contributed by atoms with Gasteiger partial charge in [0.2, 0.25) is 0 Å². The summed E-state index contributed by atoms with van der Waals surface area (Å²) in [4.78, 5) is 2.06. The van der Waals surface area contributed by atoms with E-state index in [0.717, 1.165) is 12.2 Å². The lowest BCUT2D eigenvalue weighted by atomic mass is 10.1. The summed E-state index contributed by atoms with van der Waals surface area (Å²) in [5.41, 5.74) is 7.01. The standard InChI is InChI=1S/C13H20ClFN2O/c1-9(2)8-17(4-5-18-3)13-6-10(14)11(15)7-12(13)16/h6-7,9H,4-5,8,16H2,1-3H3. The molecule has 0 heterocycles. The Balaban J connectivity index is 2.99. The second-order valence-corrected chi connectivity index (χ2v) is 5.06. The topological polar surface area (TPSA) is 38.5 Å². The molecule has 2 N–H and O–H groups in total. The maximum atomic E-state index is 13.3. The van der Waals surface area contributed by atoms with Crippen LogP contribution in [0.15, 0.2) is 12.1 Å². The molecule has 1 rings (SSSR count). The molecule has 0 radical (unpaired) electrons. The van der Waals surface area contributed by atoms with Crippen molar-refractivity contribution < 1.29 is 9.13 Å². The summed E-state index contributed by atoms with van der Waals surface area (Å²) in [6.07, 6.45) is 0. The Morgan fingerprint density at radius 3 is 2.67 bits per heavy atom. The van der Waals surface area contributed by atoms with Gasteiger partial charge in [-0.1, -0.05) is 25.4 Å². The third kappa shape index (κ3) is 4.03. The molecule has 0 saturated heterocycles. The monoisotopic (exact) mass is 274 g/mol. The van der Waals surface area contributed by atoms with E-state index < -0.39 is 5.82 Å². The molecule has 0 amide bonds. The van der Waals surface area contributed by atoms with Crippen LogP contribution >= 0.6 is 11.6 Å². The van der Waals surface area contributed by atoms with E-state index in [9.17, 15) is 4.39 Å². The van der Waals surface area contributed by atoms with E-state index in [-0.39, 0.29) is 5.02 Å². The Morgan fingerprint density at radius 1 is 1.44 bits per heavy atom. The van der Waals surface area contributed by atoms with Crippen LogP contribution in [0, 0.1) is 11.7 Å². The van der Waals surface area contributed by atoms with Crippen LogP contribution in [0.25, 0.3) is 0 Å². The van der Waals surface area contributed by atoms with E-state index in [4.69, 9.17) is 22.1 Å². The summed E-state index contributed by atoms with van der Waals surface area (Å²) < 4.78 is 18.4. The van der Waals surface area contributed by atoms with Crippen LogP contribution in [0.4, 0.5) is 15.8 Å². The number of methoxy groups -OCH3 is 1. The molecule has 0 aliphatic rings. The van der Waals surface area contributed by atoms with Crippen molar-refractivity contribution in [3.05, 3.63) is 23.0 Å². The molecule has 18 heavy (non-hydrogen) atoms. The van der Waals surface area contributed by atoms with Gasteiger partial charge in [-0.2, -0.15) is 0 Å². The molecule has 102 valence electrons. The molecule has 0 atom stereocenters. The van der Waals surface area contributed by atoms with Gasteiger partial charge in [0.25, 0.3) is 0 Å². The highest BCUT2D eigenvalue weighted by atomic mass is 35.5. The molecule has 0 aromatic heterocycles. The minimum Gasteiger partial charge on any atom is -0.397 e. The zero-order valence-electron chi connectivity index (χ0n) is 11.0. The maximum Gasteiger partial charge on any atom is 0.143 e. The second kappa shape index (κ2) is 6.81. The first-order valence-corrected chi connectivity index (χ1v) is 6.32. The van der Waals surface area contributed by atoms with Crippen LogP contribution in [-0.2, 0) is 4.74 Å². The molecular formula is C13H20ClFN2O. The molecule has 0 aliphatic heterocycles. The van der Waals surface area contributed by atoms with Crippen LogP contribution in [0.3, 0.4) is 0 Å². The minimum atomic E-state index is -0.492. The van der Waals surface area contributed by atoms with Crippen molar-refractivity contribution in [3.8, 4) is 0 Å². The van der Waals surface area contributed by atoms with E-state index >= 15 is 0 Å². The predicted molar refractivity (Wildman–Crippen MR) is 74.7 cm³/mol. The van der Waals surface area contributed by atoms with Gasteiger partial charge in [0.1, 0.15) is 5.82 Å². The first-order chi connectivity index (χ1) is 8.45. The molecule has 0 bridgehead atoms. The van der Waals surface area contributed by atoms with E-state index in [1.165, 1.54) is 6.07 Å². The van der Waals surface area contributed by atoms with E-state index in [1.807, 2.05) is 0 Å². The van der Waals surface area contributed by atoms with Gasteiger partial charge in [0.05, 0.1) is 23.0 Å². The Kier molecular flexibility index (Phi) is 5.69. The number of nitrogens with zero attached hydrogens (tertiary/aromatic N) is 1. The normalized spacial score (nSPS) is 11.0. The van der Waals surface area contributed by atoms with Crippen molar-refractivity contribution in [3.63, 3.8) is 0 Å². The lowest BCUT2D eigenvalue weighted by molar-refractivity contribution is 0.204. The lowest BCUT2D eigenvalue weighted by Crippen LogP contribution is -2.31. The van der Waals surface area contributed by atoms with E-state index in [0.29, 0.717) is 24.8 Å². The third-order valence-electron chi connectivity index (χ3n) is 2.56. The van der Waals surface area contributed by atoms with Gasteiger partial charge >= 0.3 is 0 Å². The van der Waals surface area contributed by atoms with Gasteiger partial charge in [-0.15, -0.1) is 0 Å². The molecule has 0 aliphatic carbocycles. The maximum absolute atomic E-state index is 13.3. The number of hydrogen-bond donors (Lipinski definition) is 1. The average Bonchev–Trinajstić information content (AvgIpc) is 2.29. The van der Waals surface area contributed by atoms with Crippen molar-refractivity contribution >= 4 is 23.0 Å². The quantitative estimate of drug-likeness (QED) is 0.810. The fourth-order valence-corrected chi connectivity index (χ4v) is 1.94. The number of halogens is 2. The molecule has 0 spiro atoms.